The van der Waals surface area contributed by atoms with E-state index in [4.69, 9.17) is 9.47 Å². The molecule has 5 rings (SSSR count). The third-order valence-corrected chi connectivity index (χ3v) is 6.02. The maximum Gasteiger partial charge on any atom is 0.299 e. The molecule has 0 bridgehead atoms. The van der Waals surface area contributed by atoms with Crippen LogP contribution in [0, 0.1) is 0 Å². The number of fused-ring (bicyclic) bond motifs is 3. The Bertz CT molecular complexity index is 953. The van der Waals surface area contributed by atoms with Crippen molar-refractivity contribution in [1.29, 1.82) is 0 Å². The minimum atomic E-state index is -3.00. The first-order valence-electron chi connectivity index (χ1n) is 9.58. The van der Waals surface area contributed by atoms with Crippen LogP contribution in [0.1, 0.15) is 30.0 Å². The van der Waals surface area contributed by atoms with Crippen LogP contribution in [0.3, 0.4) is 0 Å². The van der Waals surface area contributed by atoms with Gasteiger partial charge in [-0.3, -0.25) is 4.79 Å². The molecule has 6 heteroatoms. The Hall–Kier alpha value is -2.31. The molecule has 1 amide bonds. The predicted molar refractivity (Wildman–Crippen MR) is 99.0 cm³/mol. The number of carbonyl (C=O) groups excluding carboxylic acids is 1. The Kier molecular flexibility index (Phi) is 3.87. The van der Waals surface area contributed by atoms with Crippen molar-refractivity contribution in [3.05, 3.63) is 59.2 Å². The highest BCUT2D eigenvalue weighted by Gasteiger charge is 2.48. The van der Waals surface area contributed by atoms with Gasteiger partial charge in [0.1, 0.15) is 0 Å². The molecule has 146 valence electrons. The first-order valence-corrected chi connectivity index (χ1v) is 9.58. The lowest BCUT2D eigenvalue weighted by atomic mass is 10.0. The molecule has 1 aliphatic carbocycles. The van der Waals surface area contributed by atoms with Gasteiger partial charge in [-0.05, 0) is 23.6 Å². The molecule has 1 unspecified atom stereocenters. The summed E-state index contributed by atoms with van der Waals surface area (Å²) in [7, 11) is 0. The zero-order chi connectivity index (χ0) is 19.5. The Labute approximate surface area is 162 Å². The Morgan fingerprint density at radius 1 is 1.11 bits per heavy atom. The van der Waals surface area contributed by atoms with E-state index in [0.29, 0.717) is 37.3 Å². The number of likely N-dealkylation sites (tertiary alicyclic amines) is 1. The first kappa shape index (κ1) is 17.8. The molecule has 0 radical (unpaired) electrons. The van der Waals surface area contributed by atoms with E-state index in [1.54, 1.807) is 35.2 Å². The van der Waals surface area contributed by atoms with Crippen LogP contribution in [0.15, 0.2) is 42.5 Å². The van der Waals surface area contributed by atoms with Gasteiger partial charge in [0.05, 0.1) is 26.2 Å². The highest BCUT2D eigenvalue weighted by atomic mass is 19.3. The van der Waals surface area contributed by atoms with Crippen LogP contribution in [-0.4, -0.2) is 42.4 Å². The molecule has 0 N–H and O–H groups in total. The fourth-order valence-corrected chi connectivity index (χ4v) is 4.69. The summed E-state index contributed by atoms with van der Waals surface area (Å²) in [4.78, 5) is 14.7. The van der Waals surface area contributed by atoms with Gasteiger partial charge in [-0.15, -0.1) is 0 Å². The second-order valence-corrected chi connectivity index (χ2v) is 7.86. The average Bonchev–Trinajstić information content (AvgIpc) is 3.32. The van der Waals surface area contributed by atoms with Crippen molar-refractivity contribution in [2.24, 2.45) is 0 Å². The van der Waals surface area contributed by atoms with Crippen molar-refractivity contribution >= 4 is 5.91 Å². The van der Waals surface area contributed by atoms with Crippen LogP contribution in [0.2, 0.25) is 0 Å². The van der Waals surface area contributed by atoms with Gasteiger partial charge in [0.25, 0.3) is 5.92 Å². The van der Waals surface area contributed by atoms with Gasteiger partial charge < -0.3 is 14.4 Å². The number of ether oxygens (including phenoxy) is 2. The van der Waals surface area contributed by atoms with Gasteiger partial charge in [0.2, 0.25) is 5.91 Å². The summed E-state index contributed by atoms with van der Waals surface area (Å²) >= 11 is 0. The first-order chi connectivity index (χ1) is 13.4. The maximum atomic E-state index is 14.7. The summed E-state index contributed by atoms with van der Waals surface area (Å²) in [5.41, 5.74) is 1.82. The molecule has 2 aromatic carbocycles. The van der Waals surface area contributed by atoms with Crippen LogP contribution in [0.5, 0.6) is 0 Å². The zero-order valence-electron chi connectivity index (χ0n) is 15.6. The number of alkyl halides is 2. The van der Waals surface area contributed by atoms with E-state index < -0.39 is 11.7 Å². The number of nitrogens with zero attached hydrogens (tertiary/aromatic N) is 1. The molecule has 1 atom stereocenters. The van der Waals surface area contributed by atoms with Crippen molar-refractivity contribution in [3.8, 4) is 11.1 Å². The molecular formula is C22H21F2NO3. The third-order valence-electron chi connectivity index (χ3n) is 6.02. The molecule has 0 aromatic heterocycles. The van der Waals surface area contributed by atoms with E-state index in [9.17, 15) is 13.6 Å². The lowest BCUT2D eigenvalue weighted by Crippen LogP contribution is -2.39. The number of halogens is 2. The SMILES string of the molecule is CC1CC2(CN1C(=O)Cc1ccc3c(c1)-c1ccccc1C3(F)F)OCCO2. The van der Waals surface area contributed by atoms with Crippen molar-refractivity contribution in [1.82, 2.24) is 4.90 Å². The lowest BCUT2D eigenvalue weighted by molar-refractivity contribution is -0.152. The normalized spacial score (nSPS) is 23.8. The highest BCUT2D eigenvalue weighted by Crippen LogP contribution is 2.51. The van der Waals surface area contributed by atoms with Crippen molar-refractivity contribution in [3.63, 3.8) is 0 Å². The Morgan fingerprint density at radius 2 is 1.82 bits per heavy atom. The van der Waals surface area contributed by atoms with E-state index in [1.807, 2.05) is 6.92 Å². The van der Waals surface area contributed by atoms with E-state index in [2.05, 4.69) is 0 Å². The number of amides is 1. The molecule has 2 aliphatic heterocycles. The summed E-state index contributed by atoms with van der Waals surface area (Å²) in [6.45, 7) is 3.50. The lowest BCUT2D eigenvalue weighted by Gasteiger charge is -2.23. The smallest absolute Gasteiger partial charge is 0.299 e. The van der Waals surface area contributed by atoms with E-state index >= 15 is 0 Å². The average molecular weight is 385 g/mol. The number of benzene rings is 2. The molecule has 2 aromatic rings. The monoisotopic (exact) mass is 385 g/mol. The minimum Gasteiger partial charge on any atom is -0.346 e. The van der Waals surface area contributed by atoms with E-state index in [1.165, 1.54) is 12.1 Å². The fourth-order valence-electron chi connectivity index (χ4n) is 4.69. The molecule has 4 nitrogen and oxygen atoms in total. The van der Waals surface area contributed by atoms with Gasteiger partial charge in [0.15, 0.2) is 5.79 Å². The summed E-state index contributed by atoms with van der Waals surface area (Å²) < 4.78 is 40.8. The quantitative estimate of drug-likeness (QED) is 0.791. The zero-order valence-corrected chi connectivity index (χ0v) is 15.6. The van der Waals surface area contributed by atoms with Crippen LogP contribution in [0.4, 0.5) is 8.78 Å². The third kappa shape index (κ3) is 2.58. The van der Waals surface area contributed by atoms with E-state index in [-0.39, 0.29) is 29.5 Å². The topological polar surface area (TPSA) is 38.8 Å². The summed E-state index contributed by atoms with van der Waals surface area (Å²) in [5.74, 6) is -3.71. The fraction of sp³-hybridized carbons (Fsp3) is 0.409. The Balaban J connectivity index is 1.40. The predicted octanol–water partition coefficient (Wildman–Crippen LogP) is 3.71. The Morgan fingerprint density at radius 3 is 2.61 bits per heavy atom. The van der Waals surface area contributed by atoms with Gasteiger partial charge in [-0.1, -0.05) is 42.5 Å². The van der Waals surface area contributed by atoms with Crippen LogP contribution in [0.25, 0.3) is 11.1 Å². The van der Waals surface area contributed by atoms with E-state index in [0.717, 1.165) is 5.56 Å². The summed E-state index contributed by atoms with van der Waals surface area (Å²) in [6.07, 6.45) is 0.823. The van der Waals surface area contributed by atoms with Gasteiger partial charge in [-0.2, -0.15) is 8.78 Å². The van der Waals surface area contributed by atoms with Gasteiger partial charge in [0, 0.05) is 23.6 Å². The molecule has 2 heterocycles. The minimum absolute atomic E-state index is 0.00569. The molecule has 3 aliphatic rings. The molecule has 0 saturated carbocycles. The second kappa shape index (κ2) is 6.09. The largest absolute Gasteiger partial charge is 0.346 e. The van der Waals surface area contributed by atoms with Crippen molar-refractivity contribution < 1.29 is 23.0 Å². The number of carbonyl (C=O) groups is 1. The number of rotatable bonds is 2. The molecule has 2 saturated heterocycles. The molecule has 2 fully saturated rings. The summed E-state index contributed by atoms with van der Waals surface area (Å²) in [6, 6.07) is 11.4. The van der Waals surface area contributed by atoms with Crippen molar-refractivity contribution in [2.75, 3.05) is 19.8 Å². The van der Waals surface area contributed by atoms with Crippen LogP contribution >= 0.6 is 0 Å². The molecule has 28 heavy (non-hydrogen) atoms. The standard InChI is InChI=1S/C22H21F2NO3/c1-14-12-21(27-8-9-28-21)13-25(14)20(26)11-15-6-7-19-17(10-15)16-4-2-3-5-18(16)22(19,23)24/h2-7,10,14H,8-9,11-13H2,1H3. The molecule has 1 spiro atoms. The maximum absolute atomic E-state index is 14.7. The van der Waals surface area contributed by atoms with Crippen molar-refractivity contribution in [2.45, 2.75) is 37.5 Å². The van der Waals surface area contributed by atoms with Gasteiger partial charge in [-0.25, -0.2) is 0 Å². The van der Waals surface area contributed by atoms with Gasteiger partial charge >= 0.3 is 0 Å². The number of hydrogen-bond donors (Lipinski definition) is 0. The van der Waals surface area contributed by atoms with Crippen LogP contribution in [-0.2, 0) is 26.6 Å². The number of hydrogen-bond acceptors (Lipinski definition) is 3. The summed E-state index contributed by atoms with van der Waals surface area (Å²) in [5, 5.41) is 0. The second-order valence-electron chi connectivity index (χ2n) is 7.86. The molecular weight excluding hydrogens is 364 g/mol. The highest BCUT2D eigenvalue weighted by molar-refractivity contribution is 5.83. The van der Waals surface area contributed by atoms with Crippen LogP contribution < -0.4 is 0 Å².